The molecular weight excluding hydrogens is 440 g/mol. The van der Waals surface area contributed by atoms with Gasteiger partial charge in [0.1, 0.15) is 10.8 Å². The highest BCUT2D eigenvalue weighted by Gasteiger charge is 2.24. The van der Waals surface area contributed by atoms with Gasteiger partial charge in [-0.25, -0.2) is 4.98 Å². The average molecular weight is 465 g/mol. The van der Waals surface area contributed by atoms with Crippen molar-refractivity contribution in [1.29, 1.82) is 0 Å². The first-order valence-electron chi connectivity index (χ1n) is 10.7. The zero-order chi connectivity index (χ0) is 21.9. The summed E-state index contributed by atoms with van der Waals surface area (Å²) in [4.78, 5) is 23.3. The number of carbonyl (C=O) groups is 1. The maximum absolute atomic E-state index is 13.3. The van der Waals surface area contributed by atoms with E-state index in [4.69, 9.17) is 9.51 Å². The van der Waals surface area contributed by atoms with Crippen molar-refractivity contribution in [2.75, 3.05) is 26.2 Å². The molecule has 5 rings (SSSR count). The van der Waals surface area contributed by atoms with E-state index < -0.39 is 0 Å². The molecular formula is C24H24N4O2S2. The molecule has 164 valence electrons. The van der Waals surface area contributed by atoms with Gasteiger partial charge in [0.25, 0.3) is 5.91 Å². The summed E-state index contributed by atoms with van der Waals surface area (Å²) in [6.07, 6.45) is 0. The first-order chi connectivity index (χ1) is 15.7. The summed E-state index contributed by atoms with van der Waals surface area (Å²) in [5, 5.41) is 5.19. The Labute approximate surface area is 195 Å². The lowest BCUT2D eigenvalue weighted by atomic mass is 10.2. The fraction of sp³-hybridized carbons (Fsp3) is 0.292. The zero-order valence-corrected chi connectivity index (χ0v) is 19.5. The molecule has 1 aliphatic heterocycles. The highest BCUT2D eigenvalue weighted by atomic mass is 32.2. The number of piperazine rings is 1. The Bertz CT molecular complexity index is 1190. The van der Waals surface area contributed by atoms with Crippen LogP contribution in [0.2, 0.25) is 0 Å². The topological polar surface area (TPSA) is 62.5 Å². The van der Waals surface area contributed by atoms with Crippen LogP contribution in [0.1, 0.15) is 26.8 Å². The Morgan fingerprint density at radius 3 is 2.66 bits per heavy atom. The van der Waals surface area contributed by atoms with Crippen LogP contribution < -0.4 is 0 Å². The van der Waals surface area contributed by atoms with E-state index in [0.717, 1.165) is 65.2 Å². The normalized spacial score (nSPS) is 14.8. The molecule has 32 heavy (non-hydrogen) atoms. The number of nitrogens with zero attached hydrogens (tertiary/aromatic N) is 4. The third-order valence-corrected chi connectivity index (χ3v) is 7.65. The molecule has 0 bridgehead atoms. The van der Waals surface area contributed by atoms with Crippen LogP contribution in [0.25, 0.3) is 10.2 Å². The van der Waals surface area contributed by atoms with E-state index in [-0.39, 0.29) is 5.91 Å². The molecule has 0 aliphatic carbocycles. The minimum Gasteiger partial charge on any atom is -0.361 e. The van der Waals surface area contributed by atoms with Gasteiger partial charge in [0, 0.05) is 42.9 Å². The second-order valence-electron chi connectivity index (χ2n) is 7.86. The summed E-state index contributed by atoms with van der Waals surface area (Å²) in [6, 6.07) is 18.0. The Kier molecular flexibility index (Phi) is 6.25. The molecule has 8 heteroatoms. The molecule has 0 unspecified atom stereocenters. The molecule has 0 spiro atoms. The van der Waals surface area contributed by atoms with Crippen molar-refractivity contribution in [1.82, 2.24) is 19.9 Å². The highest BCUT2D eigenvalue weighted by molar-refractivity contribution is 7.98. The number of thioether (sulfide) groups is 1. The van der Waals surface area contributed by atoms with Gasteiger partial charge in [0.05, 0.1) is 28.0 Å². The van der Waals surface area contributed by atoms with Crippen LogP contribution in [0.5, 0.6) is 0 Å². The standard InChI is InChI=1S/C24H24N4O2S2/c1-17-14-18(26-30-17)16-31-21-8-4-2-6-19(21)24(29)28-12-10-27(11-13-28)15-23-25-20-7-3-5-9-22(20)32-23/h2-9,14H,10-13,15-16H2,1H3. The molecule has 1 aliphatic rings. The number of carbonyl (C=O) groups excluding carboxylic acids is 1. The Morgan fingerprint density at radius 1 is 1.09 bits per heavy atom. The van der Waals surface area contributed by atoms with Crippen molar-refractivity contribution in [3.05, 3.63) is 76.6 Å². The third kappa shape index (κ3) is 4.72. The van der Waals surface area contributed by atoms with Crippen LogP contribution >= 0.6 is 23.1 Å². The van der Waals surface area contributed by atoms with Crippen LogP contribution in [-0.2, 0) is 12.3 Å². The average Bonchev–Trinajstić information content (AvgIpc) is 3.43. The van der Waals surface area contributed by atoms with Crippen molar-refractivity contribution >= 4 is 39.2 Å². The van der Waals surface area contributed by atoms with Crippen LogP contribution in [0.15, 0.2) is 64.0 Å². The van der Waals surface area contributed by atoms with Gasteiger partial charge >= 0.3 is 0 Å². The molecule has 1 amide bonds. The molecule has 1 saturated heterocycles. The van der Waals surface area contributed by atoms with Gasteiger partial charge in [0.2, 0.25) is 0 Å². The minimum atomic E-state index is 0.101. The summed E-state index contributed by atoms with van der Waals surface area (Å²) < 4.78 is 6.38. The van der Waals surface area contributed by atoms with Gasteiger partial charge in [0.15, 0.2) is 0 Å². The smallest absolute Gasteiger partial charge is 0.255 e. The fourth-order valence-corrected chi connectivity index (χ4v) is 5.80. The van der Waals surface area contributed by atoms with Crippen molar-refractivity contribution in [3.8, 4) is 0 Å². The van der Waals surface area contributed by atoms with Gasteiger partial charge in [-0.05, 0) is 31.2 Å². The predicted octanol–water partition coefficient (Wildman–Crippen LogP) is 4.84. The van der Waals surface area contributed by atoms with Crippen molar-refractivity contribution < 1.29 is 9.32 Å². The van der Waals surface area contributed by atoms with Crippen LogP contribution in [-0.4, -0.2) is 52.0 Å². The lowest BCUT2D eigenvalue weighted by Crippen LogP contribution is -2.48. The van der Waals surface area contributed by atoms with Crippen molar-refractivity contribution in [2.45, 2.75) is 24.1 Å². The number of fused-ring (bicyclic) bond motifs is 1. The second-order valence-corrected chi connectivity index (χ2v) is 9.99. The van der Waals surface area contributed by atoms with Crippen LogP contribution in [0, 0.1) is 6.92 Å². The molecule has 0 saturated carbocycles. The summed E-state index contributed by atoms with van der Waals surface area (Å²) in [7, 11) is 0. The molecule has 3 heterocycles. The number of aromatic nitrogens is 2. The Balaban J connectivity index is 1.20. The second kappa shape index (κ2) is 9.44. The minimum absolute atomic E-state index is 0.101. The summed E-state index contributed by atoms with van der Waals surface area (Å²) in [6.45, 7) is 5.89. The quantitative estimate of drug-likeness (QED) is 0.381. The van der Waals surface area contributed by atoms with E-state index >= 15 is 0 Å². The number of amides is 1. The number of hydrogen-bond donors (Lipinski definition) is 0. The number of thiazole rings is 1. The lowest BCUT2D eigenvalue weighted by Gasteiger charge is -2.34. The fourth-order valence-electron chi connectivity index (χ4n) is 3.87. The number of aryl methyl sites for hydroxylation is 1. The van der Waals surface area contributed by atoms with E-state index in [9.17, 15) is 4.79 Å². The van der Waals surface area contributed by atoms with E-state index in [1.165, 1.54) is 4.70 Å². The Hall–Kier alpha value is -2.68. The van der Waals surface area contributed by atoms with E-state index in [0.29, 0.717) is 5.75 Å². The SMILES string of the molecule is Cc1cc(CSc2ccccc2C(=O)N2CCN(Cc3nc4ccccc4s3)CC2)no1. The molecule has 0 N–H and O–H groups in total. The summed E-state index contributed by atoms with van der Waals surface area (Å²) in [5.74, 6) is 1.58. The maximum Gasteiger partial charge on any atom is 0.255 e. The summed E-state index contributed by atoms with van der Waals surface area (Å²) in [5.41, 5.74) is 2.71. The largest absolute Gasteiger partial charge is 0.361 e. The van der Waals surface area contributed by atoms with Crippen molar-refractivity contribution in [2.24, 2.45) is 0 Å². The molecule has 0 radical (unpaired) electrons. The molecule has 4 aromatic rings. The number of rotatable bonds is 6. The van der Waals surface area contributed by atoms with Crippen LogP contribution in [0.3, 0.4) is 0 Å². The molecule has 1 fully saturated rings. The van der Waals surface area contributed by atoms with Gasteiger partial charge in [-0.3, -0.25) is 9.69 Å². The van der Waals surface area contributed by atoms with E-state index in [2.05, 4.69) is 28.3 Å². The zero-order valence-electron chi connectivity index (χ0n) is 17.9. The van der Waals surface area contributed by atoms with Gasteiger partial charge in [-0.15, -0.1) is 23.1 Å². The van der Waals surface area contributed by atoms with E-state index in [1.807, 2.05) is 48.2 Å². The first-order valence-corrected chi connectivity index (χ1v) is 12.5. The lowest BCUT2D eigenvalue weighted by molar-refractivity contribution is 0.0625. The number of hydrogen-bond acceptors (Lipinski definition) is 7. The first kappa shape index (κ1) is 21.2. The molecule has 2 aromatic carbocycles. The Morgan fingerprint density at radius 2 is 1.88 bits per heavy atom. The molecule has 0 atom stereocenters. The predicted molar refractivity (Wildman–Crippen MR) is 128 cm³/mol. The molecule has 2 aromatic heterocycles. The summed E-state index contributed by atoms with van der Waals surface area (Å²) >= 11 is 3.38. The van der Waals surface area contributed by atoms with E-state index in [1.54, 1.807) is 23.1 Å². The van der Waals surface area contributed by atoms with Crippen molar-refractivity contribution in [3.63, 3.8) is 0 Å². The highest BCUT2D eigenvalue weighted by Crippen LogP contribution is 2.28. The van der Waals surface area contributed by atoms with Gasteiger partial charge in [-0.1, -0.05) is 29.4 Å². The number of para-hydroxylation sites is 1. The van der Waals surface area contributed by atoms with Gasteiger partial charge in [-0.2, -0.15) is 0 Å². The monoisotopic (exact) mass is 464 g/mol. The van der Waals surface area contributed by atoms with Crippen LogP contribution in [0.4, 0.5) is 0 Å². The van der Waals surface area contributed by atoms with Gasteiger partial charge < -0.3 is 9.42 Å². The molecule has 6 nitrogen and oxygen atoms in total. The third-order valence-electron chi connectivity index (χ3n) is 5.53. The maximum atomic E-state index is 13.3. The number of benzene rings is 2.